The van der Waals surface area contributed by atoms with Gasteiger partial charge in [-0.3, -0.25) is 0 Å². The molecule has 1 N–H and O–H groups in total. The second-order valence-electron chi connectivity index (χ2n) is 5.55. The maximum absolute atomic E-state index is 6.14. The summed E-state index contributed by atoms with van der Waals surface area (Å²) in [7, 11) is 0. The minimum Gasteiger partial charge on any atom is -0.378 e. The predicted molar refractivity (Wildman–Crippen MR) is 93.8 cm³/mol. The van der Waals surface area contributed by atoms with Crippen molar-refractivity contribution in [1.82, 2.24) is 0 Å². The van der Waals surface area contributed by atoms with E-state index in [2.05, 4.69) is 45.1 Å². The normalized spacial score (nSPS) is 12.3. The van der Waals surface area contributed by atoms with E-state index in [9.17, 15) is 0 Å². The highest BCUT2D eigenvalue weighted by molar-refractivity contribution is 6.42. The second-order valence-corrected chi connectivity index (χ2v) is 6.37. The number of rotatable bonds is 4. The van der Waals surface area contributed by atoms with Gasteiger partial charge in [0.25, 0.3) is 0 Å². The topological polar surface area (TPSA) is 12.0 Å². The molecular formula is C18H21Cl2N. The average Bonchev–Trinajstić information content (AvgIpc) is 2.41. The van der Waals surface area contributed by atoms with Crippen LogP contribution in [0.5, 0.6) is 0 Å². The molecule has 0 radical (unpaired) electrons. The third-order valence-electron chi connectivity index (χ3n) is 3.75. The molecule has 2 aromatic rings. The van der Waals surface area contributed by atoms with Gasteiger partial charge < -0.3 is 5.32 Å². The molecule has 1 unspecified atom stereocenters. The van der Waals surface area contributed by atoms with Crippen molar-refractivity contribution in [3.8, 4) is 0 Å². The first-order valence-electron chi connectivity index (χ1n) is 7.21. The molecule has 0 aromatic heterocycles. The van der Waals surface area contributed by atoms with E-state index >= 15 is 0 Å². The summed E-state index contributed by atoms with van der Waals surface area (Å²) in [5.41, 5.74) is 6.19. The van der Waals surface area contributed by atoms with Crippen molar-refractivity contribution in [3.63, 3.8) is 0 Å². The van der Waals surface area contributed by atoms with Crippen LogP contribution in [0.15, 0.2) is 30.3 Å². The van der Waals surface area contributed by atoms with Crippen LogP contribution in [-0.2, 0) is 0 Å². The van der Waals surface area contributed by atoms with E-state index in [1.165, 1.54) is 22.4 Å². The first-order valence-corrected chi connectivity index (χ1v) is 7.97. The maximum atomic E-state index is 6.14. The summed E-state index contributed by atoms with van der Waals surface area (Å²) in [6.07, 6.45) is 0.977. The van der Waals surface area contributed by atoms with Gasteiger partial charge in [-0.25, -0.2) is 0 Å². The van der Waals surface area contributed by atoms with E-state index in [0.717, 1.165) is 12.0 Å². The predicted octanol–water partition coefficient (Wildman–Crippen LogP) is 6.48. The summed E-state index contributed by atoms with van der Waals surface area (Å²) in [5, 5.41) is 4.85. The monoisotopic (exact) mass is 321 g/mol. The first-order chi connectivity index (χ1) is 9.92. The van der Waals surface area contributed by atoms with E-state index in [4.69, 9.17) is 23.2 Å². The number of hydrogen-bond donors (Lipinski definition) is 1. The van der Waals surface area contributed by atoms with Gasteiger partial charge in [-0.1, -0.05) is 53.9 Å². The number of hydrogen-bond acceptors (Lipinski definition) is 1. The summed E-state index contributed by atoms with van der Waals surface area (Å²) in [6.45, 7) is 8.58. The van der Waals surface area contributed by atoms with Crippen LogP contribution in [0.2, 0.25) is 10.0 Å². The molecule has 0 spiro atoms. The molecule has 0 saturated carbocycles. The van der Waals surface area contributed by atoms with Gasteiger partial charge in [0, 0.05) is 5.69 Å². The Morgan fingerprint density at radius 2 is 1.57 bits per heavy atom. The van der Waals surface area contributed by atoms with Crippen molar-refractivity contribution in [3.05, 3.63) is 62.6 Å². The van der Waals surface area contributed by atoms with E-state index < -0.39 is 0 Å². The molecule has 1 atom stereocenters. The zero-order chi connectivity index (χ0) is 15.6. The van der Waals surface area contributed by atoms with Crippen LogP contribution in [0, 0.1) is 20.8 Å². The Bertz CT molecular complexity index is 627. The Balaban J connectivity index is 2.33. The number of halogens is 2. The molecule has 112 valence electrons. The van der Waals surface area contributed by atoms with Crippen molar-refractivity contribution in [2.24, 2.45) is 0 Å². The van der Waals surface area contributed by atoms with Crippen LogP contribution >= 0.6 is 23.2 Å². The molecule has 21 heavy (non-hydrogen) atoms. The molecule has 0 aliphatic carbocycles. The lowest BCUT2D eigenvalue weighted by molar-refractivity contribution is 0.747. The summed E-state index contributed by atoms with van der Waals surface area (Å²) < 4.78 is 0. The Labute approximate surface area is 137 Å². The Morgan fingerprint density at radius 3 is 2.10 bits per heavy atom. The van der Waals surface area contributed by atoms with Crippen molar-refractivity contribution in [2.45, 2.75) is 40.2 Å². The zero-order valence-corrected chi connectivity index (χ0v) is 14.4. The van der Waals surface area contributed by atoms with Crippen molar-refractivity contribution < 1.29 is 0 Å². The molecule has 3 heteroatoms. The van der Waals surface area contributed by atoms with Crippen LogP contribution < -0.4 is 5.32 Å². The van der Waals surface area contributed by atoms with Crippen molar-refractivity contribution in [1.29, 1.82) is 0 Å². The smallest absolute Gasteiger partial charge is 0.0595 e. The largest absolute Gasteiger partial charge is 0.378 e. The fraction of sp³-hybridized carbons (Fsp3) is 0.333. The molecule has 0 bridgehead atoms. The van der Waals surface area contributed by atoms with Gasteiger partial charge in [-0.15, -0.1) is 0 Å². The number of aryl methyl sites for hydroxylation is 3. The third-order valence-corrected chi connectivity index (χ3v) is 4.49. The van der Waals surface area contributed by atoms with Gasteiger partial charge in [0.2, 0.25) is 0 Å². The van der Waals surface area contributed by atoms with Gasteiger partial charge in [-0.2, -0.15) is 0 Å². The summed E-state index contributed by atoms with van der Waals surface area (Å²) in [4.78, 5) is 0. The SMILES string of the molecule is CCC(Nc1c(C)cc(C)cc1C)c1ccc(Cl)c(Cl)c1. The molecule has 0 heterocycles. The van der Waals surface area contributed by atoms with Crippen molar-refractivity contribution >= 4 is 28.9 Å². The zero-order valence-electron chi connectivity index (χ0n) is 12.9. The number of nitrogens with one attached hydrogen (secondary N) is 1. The lowest BCUT2D eigenvalue weighted by Crippen LogP contribution is -2.12. The fourth-order valence-corrected chi connectivity index (χ4v) is 3.04. The molecule has 2 rings (SSSR count). The highest BCUT2D eigenvalue weighted by Gasteiger charge is 2.13. The van der Waals surface area contributed by atoms with E-state index in [1.807, 2.05) is 18.2 Å². The number of benzene rings is 2. The molecule has 0 fully saturated rings. The maximum Gasteiger partial charge on any atom is 0.0595 e. The average molecular weight is 322 g/mol. The number of anilines is 1. The molecule has 0 aliphatic heterocycles. The highest BCUT2D eigenvalue weighted by atomic mass is 35.5. The van der Waals surface area contributed by atoms with Crippen LogP contribution in [-0.4, -0.2) is 0 Å². The van der Waals surface area contributed by atoms with Crippen LogP contribution in [0.4, 0.5) is 5.69 Å². The van der Waals surface area contributed by atoms with Gasteiger partial charge in [0.15, 0.2) is 0 Å². The Kier molecular flexibility index (Phi) is 5.18. The van der Waals surface area contributed by atoms with E-state index in [1.54, 1.807) is 0 Å². The van der Waals surface area contributed by atoms with Crippen LogP contribution in [0.3, 0.4) is 0 Å². The highest BCUT2D eigenvalue weighted by Crippen LogP contribution is 2.31. The third kappa shape index (κ3) is 3.72. The second kappa shape index (κ2) is 6.72. The van der Waals surface area contributed by atoms with Gasteiger partial charge in [0.1, 0.15) is 0 Å². The van der Waals surface area contributed by atoms with Crippen molar-refractivity contribution in [2.75, 3.05) is 5.32 Å². The van der Waals surface area contributed by atoms with E-state index in [0.29, 0.717) is 10.0 Å². The molecular weight excluding hydrogens is 301 g/mol. The Hall–Kier alpha value is -1.18. The quantitative estimate of drug-likeness (QED) is 0.679. The molecule has 2 aromatic carbocycles. The van der Waals surface area contributed by atoms with E-state index in [-0.39, 0.29) is 6.04 Å². The first kappa shape index (κ1) is 16.2. The Morgan fingerprint density at radius 1 is 0.952 bits per heavy atom. The molecule has 1 nitrogen and oxygen atoms in total. The fourth-order valence-electron chi connectivity index (χ4n) is 2.73. The molecule has 0 aliphatic rings. The minimum absolute atomic E-state index is 0.222. The van der Waals surface area contributed by atoms with Crippen LogP contribution in [0.25, 0.3) is 0 Å². The lowest BCUT2D eigenvalue weighted by atomic mass is 10.0. The van der Waals surface area contributed by atoms with Gasteiger partial charge in [0.05, 0.1) is 16.1 Å². The standard InChI is InChI=1S/C18H21Cl2N/c1-5-17(14-6-7-15(19)16(20)10-14)21-18-12(3)8-11(2)9-13(18)4/h6-10,17,21H,5H2,1-4H3. The summed E-state index contributed by atoms with van der Waals surface area (Å²) >= 11 is 12.1. The minimum atomic E-state index is 0.222. The molecule has 0 saturated heterocycles. The van der Waals surface area contributed by atoms with Crippen LogP contribution in [0.1, 0.15) is 41.6 Å². The lowest BCUT2D eigenvalue weighted by Gasteiger charge is -2.22. The summed E-state index contributed by atoms with van der Waals surface area (Å²) in [6, 6.07) is 10.5. The molecule has 0 amide bonds. The van der Waals surface area contributed by atoms with Gasteiger partial charge in [-0.05, 0) is 56.0 Å². The summed E-state index contributed by atoms with van der Waals surface area (Å²) in [5.74, 6) is 0. The van der Waals surface area contributed by atoms with Gasteiger partial charge >= 0.3 is 0 Å².